The minimum absolute atomic E-state index is 0.0271. The van der Waals surface area contributed by atoms with Crippen LogP contribution in [0.15, 0.2) is 18.2 Å². The lowest BCUT2D eigenvalue weighted by Crippen LogP contribution is -2.50. The van der Waals surface area contributed by atoms with Crippen LogP contribution in [0.2, 0.25) is 0 Å². The zero-order chi connectivity index (χ0) is 17.0. The van der Waals surface area contributed by atoms with Crippen molar-refractivity contribution in [3.63, 3.8) is 0 Å². The van der Waals surface area contributed by atoms with Gasteiger partial charge in [-0.15, -0.1) is 0 Å². The van der Waals surface area contributed by atoms with E-state index in [1.165, 1.54) is 0 Å². The first-order valence-electron chi connectivity index (χ1n) is 8.22. The molecule has 5 heteroatoms. The molecule has 0 unspecified atom stereocenters. The van der Waals surface area contributed by atoms with Crippen LogP contribution in [0.25, 0.3) is 0 Å². The van der Waals surface area contributed by atoms with Crippen molar-refractivity contribution in [3.05, 3.63) is 29.3 Å². The van der Waals surface area contributed by atoms with Crippen molar-refractivity contribution >= 4 is 11.8 Å². The van der Waals surface area contributed by atoms with Crippen LogP contribution >= 0.6 is 0 Å². The molecule has 126 valence electrons. The first-order valence-corrected chi connectivity index (χ1v) is 8.22. The summed E-state index contributed by atoms with van der Waals surface area (Å²) in [6.07, 6.45) is 0.512. The quantitative estimate of drug-likeness (QED) is 0.857. The Morgan fingerprint density at radius 1 is 1.13 bits per heavy atom. The molecular weight excluding hydrogens is 292 g/mol. The molecule has 0 spiro atoms. The largest absolute Gasteiger partial charge is 0.496 e. The Hall–Kier alpha value is -2.04. The van der Waals surface area contributed by atoms with Crippen LogP contribution in [0.4, 0.5) is 0 Å². The summed E-state index contributed by atoms with van der Waals surface area (Å²) < 4.78 is 5.41. The standard InChI is InChI=1S/C18H26N2O3/c1-5-17(21)19-8-10-20(11-9-19)18(22)15-7-6-14(13(2)3)12-16(15)23-4/h6-7,12-13H,5,8-11H2,1-4H3. The summed E-state index contributed by atoms with van der Waals surface area (Å²) in [6.45, 7) is 8.43. The molecule has 1 aromatic rings. The van der Waals surface area contributed by atoms with Crippen LogP contribution in [0.3, 0.4) is 0 Å². The van der Waals surface area contributed by atoms with Gasteiger partial charge < -0.3 is 14.5 Å². The summed E-state index contributed by atoms with van der Waals surface area (Å²) in [5, 5.41) is 0. The van der Waals surface area contributed by atoms with E-state index in [4.69, 9.17) is 4.74 Å². The van der Waals surface area contributed by atoms with Crippen LogP contribution in [0.1, 0.15) is 49.0 Å². The minimum atomic E-state index is -0.0271. The third kappa shape index (κ3) is 3.84. The summed E-state index contributed by atoms with van der Waals surface area (Å²) >= 11 is 0. The molecule has 1 aliphatic heterocycles. The minimum Gasteiger partial charge on any atom is -0.496 e. The third-order valence-electron chi connectivity index (χ3n) is 4.34. The van der Waals surface area contributed by atoms with E-state index >= 15 is 0 Å². The Morgan fingerprint density at radius 2 is 1.74 bits per heavy atom. The number of amides is 2. The van der Waals surface area contributed by atoms with Crippen LogP contribution in [-0.4, -0.2) is 54.9 Å². The smallest absolute Gasteiger partial charge is 0.257 e. The number of ether oxygens (including phenoxy) is 1. The van der Waals surface area contributed by atoms with E-state index in [0.717, 1.165) is 5.56 Å². The van der Waals surface area contributed by atoms with E-state index in [2.05, 4.69) is 13.8 Å². The number of carbonyl (C=O) groups excluding carboxylic acids is 2. The van der Waals surface area contributed by atoms with Gasteiger partial charge in [-0.25, -0.2) is 0 Å². The number of hydrogen-bond acceptors (Lipinski definition) is 3. The fraction of sp³-hybridized carbons (Fsp3) is 0.556. The van der Waals surface area contributed by atoms with Crippen molar-refractivity contribution in [2.45, 2.75) is 33.1 Å². The summed E-state index contributed by atoms with van der Waals surface area (Å²) in [5.74, 6) is 1.13. The fourth-order valence-corrected chi connectivity index (χ4v) is 2.80. The van der Waals surface area contributed by atoms with Gasteiger partial charge in [-0.3, -0.25) is 9.59 Å². The van der Waals surface area contributed by atoms with E-state index in [0.29, 0.717) is 49.8 Å². The van der Waals surface area contributed by atoms with Gasteiger partial charge in [0.15, 0.2) is 0 Å². The molecule has 1 heterocycles. The van der Waals surface area contributed by atoms with Gasteiger partial charge in [0.25, 0.3) is 5.91 Å². The number of benzene rings is 1. The summed E-state index contributed by atoms with van der Waals surface area (Å²) in [4.78, 5) is 28.1. The molecule has 5 nitrogen and oxygen atoms in total. The van der Waals surface area contributed by atoms with Gasteiger partial charge in [0.1, 0.15) is 5.75 Å². The van der Waals surface area contributed by atoms with Crippen molar-refractivity contribution in [1.29, 1.82) is 0 Å². The summed E-state index contributed by atoms with van der Waals surface area (Å²) in [6, 6.07) is 5.77. The molecule has 0 aromatic heterocycles. The molecule has 0 atom stereocenters. The highest BCUT2D eigenvalue weighted by atomic mass is 16.5. The average molecular weight is 318 g/mol. The van der Waals surface area contributed by atoms with Gasteiger partial charge in [0.2, 0.25) is 5.91 Å². The predicted molar refractivity (Wildman–Crippen MR) is 89.9 cm³/mol. The van der Waals surface area contributed by atoms with E-state index in [1.54, 1.807) is 12.0 Å². The summed E-state index contributed by atoms with van der Waals surface area (Å²) in [7, 11) is 1.59. The van der Waals surface area contributed by atoms with Crippen molar-refractivity contribution in [2.24, 2.45) is 0 Å². The molecule has 0 bridgehead atoms. The molecule has 0 saturated carbocycles. The topological polar surface area (TPSA) is 49.9 Å². The first kappa shape index (κ1) is 17.3. The molecule has 2 rings (SSSR count). The molecule has 1 aliphatic rings. The Labute approximate surface area is 138 Å². The molecule has 23 heavy (non-hydrogen) atoms. The van der Waals surface area contributed by atoms with Crippen molar-refractivity contribution in [3.8, 4) is 5.75 Å². The molecule has 2 amide bonds. The zero-order valence-electron chi connectivity index (χ0n) is 14.5. The Morgan fingerprint density at radius 3 is 2.26 bits per heavy atom. The second-order valence-corrected chi connectivity index (χ2v) is 6.14. The van der Waals surface area contributed by atoms with E-state index in [9.17, 15) is 9.59 Å². The number of methoxy groups -OCH3 is 1. The van der Waals surface area contributed by atoms with Crippen LogP contribution < -0.4 is 4.74 Å². The lowest BCUT2D eigenvalue weighted by atomic mass is 10.0. The van der Waals surface area contributed by atoms with E-state index in [1.807, 2.05) is 30.0 Å². The van der Waals surface area contributed by atoms with Gasteiger partial charge in [-0.1, -0.05) is 26.8 Å². The lowest BCUT2D eigenvalue weighted by molar-refractivity contribution is -0.132. The lowest BCUT2D eigenvalue weighted by Gasteiger charge is -2.35. The number of piperazine rings is 1. The molecule has 1 aromatic carbocycles. The van der Waals surface area contributed by atoms with E-state index in [-0.39, 0.29) is 11.8 Å². The second-order valence-electron chi connectivity index (χ2n) is 6.14. The van der Waals surface area contributed by atoms with Crippen LogP contribution in [0.5, 0.6) is 5.75 Å². The summed E-state index contributed by atoms with van der Waals surface area (Å²) in [5.41, 5.74) is 1.74. The van der Waals surface area contributed by atoms with Crippen molar-refractivity contribution < 1.29 is 14.3 Å². The maximum absolute atomic E-state index is 12.7. The van der Waals surface area contributed by atoms with Gasteiger partial charge in [-0.2, -0.15) is 0 Å². The van der Waals surface area contributed by atoms with Gasteiger partial charge in [-0.05, 0) is 23.6 Å². The molecule has 0 radical (unpaired) electrons. The maximum atomic E-state index is 12.7. The second kappa shape index (κ2) is 7.49. The van der Waals surface area contributed by atoms with Crippen LogP contribution in [-0.2, 0) is 4.79 Å². The van der Waals surface area contributed by atoms with Crippen molar-refractivity contribution in [2.75, 3.05) is 33.3 Å². The van der Waals surface area contributed by atoms with Gasteiger partial charge in [0.05, 0.1) is 12.7 Å². The Balaban J connectivity index is 2.11. The van der Waals surface area contributed by atoms with Gasteiger partial charge >= 0.3 is 0 Å². The number of rotatable bonds is 4. The third-order valence-corrected chi connectivity index (χ3v) is 4.34. The Kier molecular flexibility index (Phi) is 5.64. The average Bonchev–Trinajstić information content (AvgIpc) is 2.59. The maximum Gasteiger partial charge on any atom is 0.257 e. The Bertz CT molecular complexity index is 576. The SMILES string of the molecule is CCC(=O)N1CCN(C(=O)c2ccc(C(C)C)cc2OC)CC1. The monoisotopic (exact) mass is 318 g/mol. The highest BCUT2D eigenvalue weighted by Gasteiger charge is 2.26. The molecule has 1 saturated heterocycles. The molecule has 0 N–H and O–H groups in total. The highest BCUT2D eigenvalue weighted by Crippen LogP contribution is 2.26. The predicted octanol–water partition coefficient (Wildman–Crippen LogP) is 2.51. The normalized spacial score (nSPS) is 15.0. The number of carbonyl (C=O) groups is 2. The van der Waals surface area contributed by atoms with Gasteiger partial charge in [0, 0.05) is 32.6 Å². The molecule has 1 fully saturated rings. The first-order chi connectivity index (χ1) is 11.0. The highest BCUT2D eigenvalue weighted by molar-refractivity contribution is 5.97. The van der Waals surface area contributed by atoms with Crippen LogP contribution in [0, 0.1) is 0 Å². The molecule has 0 aliphatic carbocycles. The van der Waals surface area contributed by atoms with E-state index < -0.39 is 0 Å². The molecular formula is C18H26N2O3. The number of hydrogen-bond donors (Lipinski definition) is 0. The van der Waals surface area contributed by atoms with Crippen molar-refractivity contribution in [1.82, 2.24) is 9.80 Å². The number of nitrogens with zero attached hydrogens (tertiary/aromatic N) is 2. The zero-order valence-corrected chi connectivity index (χ0v) is 14.5. The fourth-order valence-electron chi connectivity index (χ4n) is 2.80.